The second-order valence-electron chi connectivity index (χ2n) is 7.17. The fourth-order valence-electron chi connectivity index (χ4n) is 3.47. The Balaban J connectivity index is 1.45. The lowest BCUT2D eigenvalue weighted by molar-refractivity contribution is 0.0642. The van der Waals surface area contributed by atoms with Gasteiger partial charge in [0.1, 0.15) is 0 Å². The third kappa shape index (κ3) is 4.09. The lowest BCUT2D eigenvalue weighted by Crippen LogP contribution is -2.31. The van der Waals surface area contributed by atoms with Crippen molar-refractivity contribution in [2.75, 3.05) is 5.32 Å². The molecular formula is C24H21N3O2S. The first-order valence-corrected chi connectivity index (χ1v) is 10.1. The molecule has 0 saturated carbocycles. The van der Waals surface area contributed by atoms with Crippen molar-refractivity contribution in [2.24, 2.45) is 0 Å². The number of thiocarbonyl (C=S) groups is 1. The van der Waals surface area contributed by atoms with E-state index in [1.165, 1.54) is 4.90 Å². The lowest BCUT2D eigenvalue weighted by Gasteiger charge is -2.17. The molecule has 1 atom stereocenters. The maximum Gasteiger partial charge on any atom is 0.261 e. The van der Waals surface area contributed by atoms with Gasteiger partial charge in [-0.3, -0.25) is 14.5 Å². The molecule has 0 fully saturated rings. The van der Waals surface area contributed by atoms with Crippen molar-refractivity contribution in [1.82, 2.24) is 10.2 Å². The van der Waals surface area contributed by atoms with Gasteiger partial charge in [-0.2, -0.15) is 0 Å². The summed E-state index contributed by atoms with van der Waals surface area (Å²) in [4.78, 5) is 26.8. The van der Waals surface area contributed by atoms with Gasteiger partial charge in [0.2, 0.25) is 0 Å². The number of imide groups is 1. The number of nitrogens with zero attached hydrogens (tertiary/aromatic N) is 1. The third-order valence-electron chi connectivity index (χ3n) is 5.06. The Morgan fingerprint density at radius 3 is 2.23 bits per heavy atom. The fourth-order valence-corrected chi connectivity index (χ4v) is 3.76. The lowest BCUT2D eigenvalue weighted by atomic mass is 10.1. The van der Waals surface area contributed by atoms with E-state index >= 15 is 0 Å². The molecule has 30 heavy (non-hydrogen) atoms. The van der Waals surface area contributed by atoms with Crippen molar-refractivity contribution < 1.29 is 9.59 Å². The van der Waals surface area contributed by atoms with E-state index in [1.54, 1.807) is 18.2 Å². The first-order valence-electron chi connectivity index (χ1n) is 9.69. The number of carbonyl (C=O) groups is 2. The number of nitrogens with one attached hydrogen (secondary N) is 2. The summed E-state index contributed by atoms with van der Waals surface area (Å²) in [7, 11) is 0. The average molecular weight is 416 g/mol. The van der Waals surface area contributed by atoms with Gasteiger partial charge >= 0.3 is 0 Å². The average Bonchev–Trinajstić information content (AvgIpc) is 2.99. The van der Waals surface area contributed by atoms with Gasteiger partial charge in [0.05, 0.1) is 23.7 Å². The van der Waals surface area contributed by atoms with Gasteiger partial charge in [-0.1, -0.05) is 60.7 Å². The van der Waals surface area contributed by atoms with E-state index in [0.717, 1.165) is 11.1 Å². The molecule has 0 saturated heterocycles. The molecule has 0 aromatic heterocycles. The summed E-state index contributed by atoms with van der Waals surface area (Å²) >= 11 is 5.42. The molecule has 150 valence electrons. The number of carbonyl (C=O) groups excluding carboxylic acids is 2. The van der Waals surface area contributed by atoms with Crippen LogP contribution in [0.2, 0.25) is 0 Å². The molecule has 0 radical (unpaired) electrons. The van der Waals surface area contributed by atoms with E-state index in [2.05, 4.69) is 10.6 Å². The first kappa shape index (κ1) is 19.8. The van der Waals surface area contributed by atoms with Crippen molar-refractivity contribution in [1.29, 1.82) is 0 Å². The second kappa shape index (κ2) is 8.47. The third-order valence-corrected chi connectivity index (χ3v) is 5.28. The molecule has 5 nitrogen and oxygen atoms in total. The molecule has 0 aliphatic carbocycles. The summed E-state index contributed by atoms with van der Waals surface area (Å²) in [5.74, 6) is -0.567. The van der Waals surface area contributed by atoms with Crippen LogP contribution in [0.3, 0.4) is 0 Å². The molecule has 1 heterocycles. The van der Waals surface area contributed by atoms with Crippen molar-refractivity contribution in [3.05, 3.63) is 101 Å². The maximum absolute atomic E-state index is 12.8. The van der Waals surface area contributed by atoms with Gasteiger partial charge in [0, 0.05) is 5.69 Å². The van der Waals surface area contributed by atoms with Gasteiger partial charge in [0.25, 0.3) is 11.8 Å². The van der Waals surface area contributed by atoms with E-state index in [1.807, 2.05) is 67.6 Å². The van der Waals surface area contributed by atoms with Crippen LogP contribution >= 0.6 is 12.2 Å². The van der Waals surface area contributed by atoms with E-state index in [4.69, 9.17) is 12.2 Å². The number of anilines is 1. The van der Waals surface area contributed by atoms with Gasteiger partial charge in [0.15, 0.2) is 5.11 Å². The van der Waals surface area contributed by atoms with Crippen molar-refractivity contribution in [2.45, 2.75) is 19.5 Å². The minimum Gasteiger partial charge on any atom is -0.356 e. The number of benzene rings is 3. The summed E-state index contributed by atoms with van der Waals surface area (Å²) in [5.41, 5.74) is 3.49. The van der Waals surface area contributed by atoms with Gasteiger partial charge in [-0.25, -0.2) is 0 Å². The predicted molar refractivity (Wildman–Crippen MR) is 121 cm³/mol. The monoisotopic (exact) mass is 415 g/mol. The van der Waals surface area contributed by atoms with Gasteiger partial charge in [-0.05, 0) is 48.5 Å². The number of fused-ring (bicyclic) bond motifs is 1. The molecule has 3 aromatic rings. The minimum absolute atomic E-state index is 0.0326. The Bertz CT molecular complexity index is 1100. The molecule has 1 aliphatic heterocycles. The van der Waals surface area contributed by atoms with Crippen LogP contribution in [0.5, 0.6) is 0 Å². The topological polar surface area (TPSA) is 61.4 Å². The van der Waals surface area contributed by atoms with E-state index in [9.17, 15) is 9.59 Å². The zero-order chi connectivity index (χ0) is 21.1. The van der Waals surface area contributed by atoms with E-state index in [-0.39, 0.29) is 24.4 Å². The normalized spacial score (nSPS) is 13.7. The van der Waals surface area contributed by atoms with Gasteiger partial charge in [-0.15, -0.1) is 0 Å². The van der Waals surface area contributed by atoms with Crippen LogP contribution < -0.4 is 10.6 Å². The highest BCUT2D eigenvalue weighted by Gasteiger charge is 2.35. The van der Waals surface area contributed by atoms with Crippen molar-refractivity contribution in [3.63, 3.8) is 0 Å². The summed E-state index contributed by atoms with van der Waals surface area (Å²) in [6.45, 7) is 2.28. The Labute approximate surface area is 180 Å². The molecule has 4 rings (SSSR count). The molecule has 2 amide bonds. The molecule has 2 N–H and O–H groups in total. The highest BCUT2D eigenvalue weighted by atomic mass is 32.1. The SMILES string of the molecule is CC(NC(=S)Nc1ccc2c(c1)C(=O)N(Cc1ccccc1)C2=O)c1ccccc1. The molecule has 0 spiro atoms. The number of hydrogen-bond donors (Lipinski definition) is 2. The van der Waals surface area contributed by atoms with E-state index < -0.39 is 0 Å². The van der Waals surface area contributed by atoms with Crippen LogP contribution in [0, 0.1) is 0 Å². The summed E-state index contributed by atoms with van der Waals surface area (Å²) in [6, 6.07) is 24.6. The smallest absolute Gasteiger partial charge is 0.261 e. The summed E-state index contributed by atoms with van der Waals surface area (Å²) in [6.07, 6.45) is 0. The fraction of sp³-hybridized carbons (Fsp3) is 0.125. The summed E-state index contributed by atoms with van der Waals surface area (Å²) in [5, 5.41) is 6.79. The Kier molecular flexibility index (Phi) is 5.59. The van der Waals surface area contributed by atoms with Crippen LogP contribution in [0.15, 0.2) is 78.9 Å². The Hall–Kier alpha value is -3.51. The molecule has 6 heteroatoms. The highest BCUT2D eigenvalue weighted by Crippen LogP contribution is 2.27. The van der Waals surface area contributed by atoms with Gasteiger partial charge < -0.3 is 10.6 Å². The van der Waals surface area contributed by atoms with Crippen LogP contribution in [0.4, 0.5) is 5.69 Å². The molecule has 3 aromatic carbocycles. The molecular weight excluding hydrogens is 394 g/mol. The first-order chi connectivity index (χ1) is 14.5. The Morgan fingerprint density at radius 1 is 0.900 bits per heavy atom. The molecule has 0 bridgehead atoms. The molecule has 1 unspecified atom stereocenters. The van der Waals surface area contributed by atoms with Crippen LogP contribution in [0.25, 0.3) is 0 Å². The predicted octanol–water partition coefficient (Wildman–Crippen LogP) is 4.53. The molecule has 1 aliphatic rings. The van der Waals surface area contributed by atoms with Crippen LogP contribution in [-0.2, 0) is 6.54 Å². The number of rotatable bonds is 5. The maximum atomic E-state index is 12.8. The Morgan fingerprint density at radius 2 is 1.53 bits per heavy atom. The standard InChI is InChI=1S/C24H21N3O2S/c1-16(18-10-6-3-7-11-18)25-24(30)26-19-12-13-20-21(14-19)23(29)27(22(20)28)15-17-8-4-2-5-9-17/h2-14,16H,15H2,1H3,(H2,25,26,30). The van der Waals surface area contributed by atoms with Crippen molar-refractivity contribution in [3.8, 4) is 0 Å². The minimum atomic E-state index is -0.293. The second-order valence-corrected chi connectivity index (χ2v) is 7.58. The largest absolute Gasteiger partial charge is 0.356 e. The zero-order valence-electron chi connectivity index (χ0n) is 16.5. The number of hydrogen-bond acceptors (Lipinski definition) is 3. The quantitative estimate of drug-likeness (QED) is 0.474. The number of amides is 2. The highest BCUT2D eigenvalue weighted by molar-refractivity contribution is 7.80. The van der Waals surface area contributed by atoms with E-state index in [0.29, 0.717) is 21.9 Å². The summed E-state index contributed by atoms with van der Waals surface area (Å²) < 4.78 is 0. The van der Waals surface area contributed by atoms with Crippen LogP contribution in [-0.4, -0.2) is 21.8 Å². The van der Waals surface area contributed by atoms with Crippen molar-refractivity contribution >= 4 is 34.8 Å². The van der Waals surface area contributed by atoms with Crippen LogP contribution in [0.1, 0.15) is 44.8 Å². The zero-order valence-corrected chi connectivity index (χ0v) is 17.3.